The number of rotatable bonds is 5. The number of benzene rings is 3. The van der Waals surface area contributed by atoms with Crippen molar-refractivity contribution in [3.05, 3.63) is 94.3 Å². The molecule has 146 valence electrons. The third kappa shape index (κ3) is 4.07. The third-order valence-corrected chi connectivity index (χ3v) is 6.01. The summed E-state index contributed by atoms with van der Waals surface area (Å²) < 4.78 is 16.4. The van der Waals surface area contributed by atoms with Crippen molar-refractivity contribution in [2.24, 2.45) is 0 Å². The van der Waals surface area contributed by atoms with Crippen LogP contribution in [0.3, 0.4) is 0 Å². The highest BCUT2D eigenvalue weighted by atomic mass is 35.5. The van der Waals surface area contributed by atoms with E-state index in [9.17, 15) is 4.39 Å². The molecule has 0 fully saturated rings. The van der Waals surface area contributed by atoms with Gasteiger partial charge in [0, 0.05) is 11.3 Å². The number of hydrogen-bond acceptors (Lipinski definition) is 3. The molecule has 0 N–H and O–H groups in total. The van der Waals surface area contributed by atoms with Gasteiger partial charge in [0.05, 0.1) is 10.7 Å². The molecule has 1 aromatic heterocycles. The Kier molecular flexibility index (Phi) is 5.69. The minimum absolute atomic E-state index is 0.339. The van der Waals surface area contributed by atoms with E-state index in [0.29, 0.717) is 33.0 Å². The van der Waals surface area contributed by atoms with Crippen LogP contribution in [0.2, 0.25) is 5.02 Å². The van der Waals surface area contributed by atoms with Gasteiger partial charge in [-0.3, -0.25) is 4.57 Å². The van der Waals surface area contributed by atoms with Crippen LogP contribution in [0.1, 0.15) is 16.7 Å². The van der Waals surface area contributed by atoms with Gasteiger partial charge in [0.2, 0.25) is 0 Å². The van der Waals surface area contributed by atoms with Gasteiger partial charge in [0.15, 0.2) is 11.0 Å². The lowest BCUT2D eigenvalue weighted by Crippen LogP contribution is -2.03. The van der Waals surface area contributed by atoms with Crippen molar-refractivity contribution < 1.29 is 4.39 Å². The molecule has 0 saturated heterocycles. The molecule has 0 aliphatic carbocycles. The Morgan fingerprint density at radius 1 is 0.966 bits per heavy atom. The Balaban J connectivity index is 1.79. The summed E-state index contributed by atoms with van der Waals surface area (Å²) in [5, 5.41) is 9.89. The molecule has 6 heteroatoms. The second-order valence-corrected chi connectivity index (χ2v) is 8.14. The van der Waals surface area contributed by atoms with E-state index in [2.05, 4.69) is 42.2 Å². The maximum Gasteiger partial charge on any atom is 0.196 e. The molecule has 1 heterocycles. The molecular weight excluding hydrogens is 405 g/mol. The van der Waals surface area contributed by atoms with Crippen molar-refractivity contribution in [1.82, 2.24) is 14.8 Å². The van der Waals surface area contributed by atoms with E-state index in [1.807, 2.05) is 18.2 Å². The first-order valence-electron chi connectivity index (χ1n) is 9.19. The molecule has 0 spiro atoms. The van der Waals surface area contributed by atoms with Crippen LogP contribution < -0.4 is 0 Å². The number of para-hydroxylation sites is 1. The summed E-state index contributed by atoms with van der Waals surface area (Å²) >= 11 is 7.92. The van der Waals surface area contributed by atoms with Gasteiger partial charge < -0.3 is 0 Å². The Morgan fingerprint density at radius 2 is 1.72 bits per heavy atom. The van der Waals surface area contributed by atoms with E-state index in [4.69, 9.17) is 11.6 Å². The van der Waals surface area contributed by atoms with E-state index in [0.717, 1.165) is 0 Å². The van der Waals surface area contributed by atoms with Crippen molar-refractivity contribution in [2.45, 2.75) is 24.8 Å². The molecule has 0 amide bonds. The van der Waals surface area contributed by atoms with Gasteiger partial charge >= 0.3 is 0 Å². The molecule has 0 aliphatic heterocycles. The number of thioether (sulfide) groups is 1. The minimum Gasteiger partial charge on any atom is -0.267 e. The number of hydrogen-bond donors (Lipinski definition) is 0. The Labute approximate surface area is 178 Å². The van der Waals surface area contributed by atoms with E-state index in [1.54, 1.807) is 28.8 Å². The topological polar surface area (TPSA) is 30.7 Å². The average molecular weight is 424 g/mol. The van der Waals surface area contributed by atoms with E-state index < -0.39 is 0 Å². The number of aromatic nitrogens is 3. The predicted molar refractivity (Wildman–Crippen MR) is 117 cm³/mol. The maximum absolute atomic E-state index is 14.7. The second kappa shape index (κ2) is 8.39. The lowest BCUT2D eigenvalue weighted by molar-refractivity contribution is 0.613. The van der Waals surface area contributed by atoms with Gasteiger partial charge in [-0.25, -0.2) is 4.39 Å². The SMILES string of the molecule is Cc1ccc(C)c(CSc2nnc(-c3ccccc3Cl)n2-c2ccccc2F)c1. The molecule has 29 heavy (non-hydrogen) atoms. The predicted octanol–water partition coefficient (Wildman–Crippen LogP) is 6.64. The fraction of sp³-hybridized carbons (Fsp3) is 0.130. The Hall–Kier alpha value is -2.63. The molecule has 3 aromatic carbocycles. The molecule has 0 aliphatic rings. The normalized spacial score (nSPS) is 11.0. The fourth-order valence-corrected chi connectivity index (χ4v) is 4.36. The summed E-state index contributed by atoms with van der Waals surface area (Å²) in [6.07, 6.45) is 0. The first-order chi connectivity index (χ1) is 14.0. The summed E-state index contributed by atoms with van der Waals surface area (Å²) in [5.41, 5.74) is 4.75. The first-order valence-corrected chi connectivity index (χ1v) is 10.5. The zero-order valence-corrected chi connectivity index (χ0v) is 17.6. The van der Waals surface area contributed by atoms with Crippen molar-refractivity contribution in [3.8, 4) is 17.1 Å². The van der Waals surface area contributed by atoms with Gasteiger partial charge in [-0.15, -0.1) is 10.2 Å². The zero-order chi connectivity index (χ0) is 20.4. The van der Waals surface area contributed by atoms with Gasteiger partial charge in [-0.1, -0.05) is 71.4 Å². The zero-order valence-electron chi connectivity index (χ0n) is 16.1. The van der Waals surface area contributed by atoms with Crippen LogP contribution in [0.15, 0.2) is 71.9 Å². The first kappa shape index (κ1) is 19.7. The fourth-order valence-electron chi connectivity index (χ4n) is 3.13. The molecule has 0 saturated carbocycles. The Bertz CT molecular complexity index is 1170. The largest absolute Gasteiger partial charge is 0.267 e. The summed E-state index contributed by atoms with van der Waals surface area (Å²) in [4.78, 5) is 0. The van der Waals surface area contributed by atoms with Gasteiger partial charge in [-0.05, 0) is 49.2 Å². The number of halogens is 2. The van der Waals surface area contributed by atoms with Crippen LogP contribution in [-0.2, 0) is 5.75 Å². The summed E-state index contributed by atoms with van der Waals surface area (Å²) in [5.74, 6) is 0.890. The number of aryl methyl sites for hydroxylation is 2. The molecule has 0 unspecified atom stereocenters. The van der Waals surface area contributed by atoms with Crippen LogP contribution in [-0.4, -0.2) is 14.8 Å². The lowest BCUT2D eigenvalue weighted by Gasteiger charge is -2.12. The van der Waals surface area contributed by atoms with E-state index in [-0.39, 0.29) is 5.82 Å². The highest BCUT2D eigenvalue weighted by Crippen LogP contribution is 2.34. The highest BCUT2D eigenvalue weighted by molar-refractivity contribution is 7.98. The van der Waals surface area contributed by atoms with Crippen LogP contribution in [0.5, 0.6) is 0 Å². The van der Waals surface area contributed by atoms with Crippen LogP contribution in [0.25, 0.3) is 17.1 Å². The third-order valence-electron chi connectivity index (χ3n) is 4.70. The maximum atomic E-state index is 14.7. The standard InChI is InChI=1S/C23H19ClFN3S/c1-15-11-12-16(2)17(13-15)14-29-23-27-26-22(18-7-3-4-8-19(18)24)28(23)21-10-6-5-9-20(21)25/h3-13H,14H2,1-2H3. The van der Waals surface area contributed by atoms with E-state index in [1.165, 1.54) is 34.5 Å². The smallest absolute Gasteiger partial charge is 0.196 e. The monoisotopic (exact) mass is 423 g/mol. The molecule has 0 atom stereocenters. The highest BCUT2D eigenvalue weighted by Gasteiger charge is 2.20. The van der Waals surface area contributed by atoms with Crippen molar-refractivity contribution >= 4 is 23.4 Å². The average Bonchev–Trinajstić information content (AvgIpc) is 3.13. The summed E-state index contributed by atoms with van der Waals surface area (Å²) in [6.45, 7) is 4.16. The van der Waals surface area contributed by atoms with Crippen molar-refractivity contribution in [3.63, 3.8) is 0 Å². The van der Waals surface area contributed by atoms with Gasteiger partial charge in [0.1, 0.15) is 5.82 Å². The van der Waals surface area contributed by atoms with Crippen LogP contribution in [0, 0.1) is 19.7 Å². The molecule has 0 bridgehead atoms. The van der Waals surface area contributed by atoms with Gasteiger partial charge in [-0.2, -0.15) is 0 Å². The molecule has 0 radical (unpaired) electrons. The summed E-state index contributed by atoms with van der Waals surface area (Å²) in [7, 11) is 0. The van der Waals surface area contributed by atoms with Crippen molar-refractivity contribution in [2.75, 3.05) is 0 Å². The Morgan fingerprint density at radius 3 is 2.52 bits per heavy atom. The summed E-state index contributed by atoms with van der Waals surface area (Å²) in [6, 6.07) is 20.4. The van der Waals surface area contributed by atoms with Crippen LogP contribution in [0.4, 0.5) is 4.39 Å². The quantitative estimate of drug-likeness (QED) is 0.337. The van der Waals surface area contributed by atoms with Crippen LogP contribution >= 0.6 is 23.4 Å². The van der Waals surface area contributed by atoms with Gasteiger partial charge in [0.25, 0.3) is 0 Å². The minimum atomic E-state index is -0.339. The number of nitrogens with zero attached hydrogens (tertiary/aromatic N) is 3. The molecule has 4 aromatic rings. The molecule has 4 rings (SSSR count). The lowest BCUT2D eigenvalue weighted by atomic mass is 10.1. The molecular formula is C23H19ClFN3S. The van der Waals surface area contributed by atoms with E-state index >= 15 is 0 Å². The second-order valence-electron chi connectivity index (χ2n) is 6.79. The molecule has 3 nitrogen and oxygen atoms in total. The van der Waals surface area contributed by atoms with Crippen molar-refractivity contribution in [1.29, 1.82) is 0 Å².